The quantitative estimate of drug-likeness (QED) is 0.247. The molecule has 0 bridgehead atoms. The monoisotopic (exact) mass is 473 g/mol. The molecular weight excluding hydrogens is 451 g/mol. The number of nitrogens with zero attached hydrogens (tertiary/aromatic N) is 5. The number of anilines is 1. The van der Waals surface area contributed by atoms with Crippen LogP contribution in [0.15, 0.2) is 47.0 Å². The van der Waals surface area contributed by atoms with Crippen molar-refractivity contribution in [3.63, 3.8) is 0 Å². The van der Waals surface area contributed by atoms with Gasteiger partial charge in [-0.05, 0) is 44.3 Å². The van der Waals surface area contributed by atoms with Gasteiger partial charge in [-0.15, -0.1) is 5.10 Å². The molecule has 178 valence electrons. The fourth-order valence-corrected chi connectivity index (χ4v) is 2.79. The molecule has 0 unspecified atom stereocenters. The van der Waals surface area contributed by atoms with Crippen LogP contribution in [-0.2, 0) is 10.9 Å². The van der Waals surface area contributed by atoms with E-state index in [-0.39, 0.29) is 22.6 Å². The first kappa shape index (κ1) is 26.1. The normalized spacial score (nSPS) is 12.4. The van der Waals surface area contributed by atoms with E-state index in [0.29, 0.717) is 36.0 Å². The topological polar surface area (TPSA) is 125 Å². The highest BCUT2D eigenvalue weighted by atomic mass is 19.4. The van der Waals surface area contributed by atoms with Crippen LogP contribution in [0.1, 0.15) is 34.2 Å². The van der Waals surface area contributed by atoms with E-state index in [2.05, 4.69) is 43.6 Å². The molecule has 9 nitrogen and oxygen atoms in total. The Kier molecular flexibility index (Phi) is 8.97. The van der Waals surface area contributed by atoms with Crippen molar-refractivity contribution in [1.82, 2.24) is 20.5 Å². The third kappa shape index (κ3) is 6.94. The summed E-state index contributed by atoms with van der Waals surface area (Å²) in [5.41, 5.74) is 0.728. The number of pyridine rings is 1. The van der Waals surface area contributed by atoms with E-state index in [1.807, 2.05) is 0 Å². The summed E-state index contributed by atoms with van der Waals surface area (Å²) in [6, 6.07) is 4.27. The van der Waals surface area contributed by atoms with Crippen molar-refractivity contribution in [2.75, 3.05) is 25.6 Å². The largest absolute Gasteiger partial charge is 0.435 e. The molecule has 0 aliphatic rings. The Morgan fingerprint density at radius 2 is 2.09 bits per heavy atom. The van der Waals surface area contributed by atoms with E-state index in [4.69, 9.17) is 4.74 Å². The average Bonchev–Trinajstić information content (AvgIpc) is 2.81. The molecule has 1 amide bonds. The van der Waals surface area contributed by atoms with Gasteiger partial charge in [-0.3, -0.25) is 9.78 Å². The third-order valence-corrected chi connectivity index (χ3v) is 4.47. The Morgan fingerprint density at radius 3 is 2.71 bits per heavy atom. The fourth-order valence-electron chi connectivity index (χ4n) is 2.79. The summed E-state index contributed by atoms with van der Waals surface area (Å²) in [6.45, 7) is 7.78. The number of nitriles is 1. The van der Waals surface area contributed by atoms with E-state index in [1.165, 1.54) is 6.20 Å². The van der Waals surface area contributed by atoms with Crippen molar-refractivity contribution in [1.29, 1.82) is 5.26 Å². The maximum atomic E-state index is 12.8. The summed E-state index contributed by atoms with van der Waals surface area (Å²) in [5.74, 6) is -0.531. The lowest BCUT2D eigenvalue weighted by atomic mass is 10.0. The van der Waals surface area contributed by atoms with E-state index in [9.17, 15) is 23.2 Å². The van der Waals surface area contributed by atoms with Crippen LogP contribution >= 0.6 is 0 Å². The minimum atomic E-state index is -4.73. The second kappa shape index (κ2) is 11.7. The molecule has 0 fully saturated rings. The molecule has 2 aromatic rings. The number of carbonyl (C=O) groups is 1. The van der Waals surface area contributed by atoms with Crippen LogP contribution in [-0.4, -0.2) is 48.1 Å². The van der Waals surface area contributed by atoms with Crippen molar-refractivity contribution < 1.29 is 22.7 Å². The summed E-state index contributed by atoms with van der Waals surface area (Å²) in [4.78, 5) is 20.5. The van der Waals surface area contributed by atoms with Crippen LogP contribution in [0.25, 0.3) is 5.57 Å². The number of ether oxygens (including phenoxy) is 1. The van der Waals surface area contributed by atoms with Gasteiger partial charge in [-0.25, -0.2) is 4.99 Å². The number of alkyl halides is 3. The highest BCUT2D eigenvalue weighted by molar-refractivity contribution is 6.04. The zero-order chi connectivity index (χ0) is 25.3. The number of aliphatic imine (C=N–C) groups is 1. The van der Waals surface area contributed by atoms with Crippen LogP contribution in [0.3, 0.4) is 0 Å². The van der Waals surface area contributed by atoms with Crippen molar-refractivity contribution in [2.24, 2.45) is 4.99 Å². The van der Waals surface area contributed by atoms with Gasteiger partial charge in [0, 0.05) is 24.9 Å². The number of allylic oxidation sites excluding steroid dienone is 3. The predicted octanol–water partition coefficient (Wildman–Crippen LogP) is 3.53. The maximum Gasteiger partial charge on any atom is 0.435 e. The standard InChI is InChI=1S/C22H22F3N7O2/c1-13(7-15(10-26)20(27-3)28-5-6-34-4)18-9-17(12-29-14(18)2)31-21(33)16-8-19(22(23,24)25)32-30-11-16/h7-9,11-12,28H,3,5-6H2,1-2,4H3,(H,31,33)/b13-7+,20-15-. The molecule has 0 aliphatic heterocycles. The first-order valence-corrected chi connectivity index (χ1v) is 9.81. The second-order valence-electron chi connectivity index (χ2n) is 6.92. The number of aromatic nitrogens is 3. The van der Waals surface area contributed by atoms with Gasteiger partial charge in [0.25, 0.3) is 5.91 Å². The van der Waals surface area contributed by atoms with Crippen LogP contribution in [0.5, 0.6) is 0 Å². The minimum Gasteiger partial charge on any atom is -0.383 e. The third-order valence-electron chi connectivity index (χ3n) is 4.47. The van der Waals surface area contributed by atoms with Crippen LogP contribution < -0.4 is 10.6 Å². The number of halogens is 3. The van der Waals surface area contributed by atoms with Gasteiger partial charge in [0.15, 0.2) is 5.69 Å². The highest BCUT2D eigenvalue weighted by Gasteiger charge is 2.33. The summed E-state index contributed by atoms with van der Waals surface area (Å²) < 4.78 is 43.5. The molecular formula is C22H22F3N7O2. The molecule has 2 rings (SSSR count). The number of rotatable bonds is 9. The molecule has 12 heteroatoms. The van der Waals surface area contributed by atoms with Crippen molar-refractivity contribution in [3.05, 3.63) is 64.5 Å². The smallest absolute Gasteiger partial charge is 0.383 e. The number of methoxy groups -OCH3 is 1. The number of amides is 1. The first-order valence-electron chi connectivity index (χ1n) is 9.81. The summed E-state index contributed by atoms with van der Waals surface area (Å²) >= 11 is 0. The summed E-state index contributed by atoms with van der Waals surface area (Å²) in [5, 5.41) is 21.3. The van der Waals surface area contributed by atoms with E-state index in [1.54, 1.807) is 33.1 Å². The Balaban J connectivity index is 2.33. The number of aryl methyl sites for hydroxylation is 1. The Bertz CT molecular complexity index is 1170. The van der Waals surface area contributed by atoms with Crippen molar-refractivity contribution in [3.8, 4) is 6.07 Å². The average molecular weight is 473 g/mol. The van der Waals surface area contributed by atoms with Gasteiger partial charge >= 0.3 is 6.18 Å². The van der Waals surface area contributed by atoms with Crippen molar-refractivity contribution in [2.45, 2.75) is 20.0 Å². The Hall–Kier alpha value is -4.11. The summed E-state index contributed by atoms with van der Waals surface area (Å²) in [6.07, 6.45) is -0.842. The van der Waals surface area contributed by atoms with Crippen LogP contribution in [0, 0.1) is 18.3 Å². The van der Waals surface area contributed by atoms with Crippen LogP contribution in [0.2, 0.25) is 0 Å². The molecule has 0 atom stereocenters. The first-order chi connectivity index (χ1) is 16.1. The van der Waals surface area contributed by atoms with E-state index < -0.39 is 17.8 Å². The molecule has 0 aromatic carbocycles. The van der Waals surface area contributed by atoms with Gasteiger partial charge in [-0.2, -0.15) is 23.5 Å². The summed E-state index contributed by atoms with van der Waals surface area (Å²) in [7, 11) is 1.55. The van der Waals surface area contributed by atoms with Gasteiger partial charge in [0.05, 0.1) is 35.8 Å². The fraction of sp³-hybridized carbons (Fsp3) is 0.273. The molecule has 0 aliphatic carbocycles. The molecule has 2 heterocycles. The second-order valence-corrected chi connectivity index (χ2v) is 6.92. The number of hydrogen-bond donors (Lipinski definition) is 2. The van der Waals surface area contributed by atoms with Gasteiger partial charge < -0.3 is 15.4 Å². The maximum absolute atomic E-state index is 12.8. The zero-order valence-corrected chi connectivity index (χ0v) is 18.7. The van der Waals surface area contributed by atoms with E-state index >= 15 is 0 Å². The van der Waals surface area contributed by atoms with Gasteiger partial charge in [-0.1, -0.05) is 0 Å². The lowest BCUT2D eigenvalue weighted by Crippen LogP contribution is -2.18. The van der Waals surface area contributed by atoms with Crippen LogP contribution in [0.4, 0.5) is 18.9 Å². The van der Waals surface area contributed by atoms with Gasteiger partial charge in [0.1, 0.15) is 11.9 Å². The predicted molar refractivity (Wildman–Crippen MR) is 120 cm³/mol. The van der Waals surface area contributed by atoms with Crippen molar-refractivity contribution >= 4 is 23.9 Å². The lowest BCUT2D eigenvalue weighted by Gasteiger charge is -2.11. The lowest BCUT2D eigenvalue weighted by molar-refractivity contribution is -0.141. The zero-order valence-electron chi connectivity index (χ0n) is 18.7. The Labute approximate surface area is 194 Å². The molecule has 0 radical (unpaired) electrons. The molecule has 0 spiro atoms. The number of carbonyl (C=O) groups excluding carboxylic acids is 1. The van der Waals surface area contributed by atoms with Gasteiger partial charge in [0.2, 0.25) is 0 Å². The molecule has 2 N–H and O–H groups in total. The molecule has 0 saturated carbocycles. The molecule has 0 saturated heterocycles. The molecule has 2 aromatic heterocycles. The highest BCUT2D eigenvalue weighted by Crippen LogP contribution is 2.28. The Morgan fingerprint density at radius 1 is 1.35 bits per heavy atom. The SMILES string of the molecule is C=N/C(NCCOC)=C(C#N)\C=C(/C)c1cc(NC(=O)c2cnnc(C(F)(F)F)c2)cnc1C. The van der Waals surface area contributed by atoms with E-state index in [0.717, 1.165) is 6.20 Å². The minimum absolute atomic E-state index is 0.222. The molecule has 34 heavy (non-hydrogen) atoms. The number of nitrogens with one attached hydrogen (secondary N) is 2. The number of hydrogen-bond acceptors (Lipinski definition) is 8.